The van der Waals surface area contributed by atoms with Crippen LogP contribution in [0.3, 0.4) is 0 Å². The van der Waals surface area contributed by atoms with Gasteiger partial charge in [0.25, 0.3) is 0 Å². The maximum Gasteiger partial charge on any atom is -0.0126 e. The maximum atomic E-state index is 3.79. The minimum absolute atomic E-state index is 0.944. The van der Waals surface area contributed by atoms with Gasteiger partial charge in [0.05, 0.1) is 0 Å². The molecule has 0 aromatic heterocycles. The van der Waals surface area contributed by atoms with E-state index in [-0.39, 0.29) is 0 Å². The molecule has 0 N–H and O–H groups in total. The Bertz CT molecular complexity index is 316. The van der Waals surface area contributed by atoms with Gasteiger partial charge < -0.3 is 0 Å². The molecular weight excluding hydrogens is 200 g/mol. The first-order valence-corrected chi connectivity index (χ1v) is 5.73. The second-order valence-electron chi connectivity index (χ2n) is 3.05. The van der Waals surface area contributed by atoms with E-state index in [0.29, 0.717) is 0 Å². The van der Waals surface area contributed by atoms with Gasteiger partial charge in [-0.2, -0.15) is 12.6 Å². The molecule has 2 rings (SSSR count). The Balaban J connectivity index is 0.000000337. The molecule has 0 unspecified atom stereocenters. The molecule has 0 atom stereocenters. The fourth-order valence-corrected chi connectivity index (χ4v) is 1.26. The molecule has 0 saturated heterocycles. The quantitative estimate of drug-likeness (QED) is 0.675. The van der Waals surface area contributed by atoms with Crippen molar-refractivity contribution in [2.45, 2.75) is 6.92 Å². The summed E-state index contributed by atoms with van der Waals surface area (Å²) >= 11 is 3.79. The van der Waals surface area contributed by atoms with Crippen LogP contribution in [0.4, 0.5) is 0 Å². The highest BCUT2D eigenvalue weighted by atomic mass is 32.1. The first kappa shape index (κ1) is 11.9. The summed E-state index contributed by atoms with van der Waals surface area (Å²) in [4.78, 5) is 0. The first-order valence-electron chi connectivity index (χ1n) is 5.09. The largest absolute Gasteiger partial charge is 0.180 e. The first-order chi connectivity index (χ1) is 7.38. The molecule has 0 heterocycles. The van der Waals surface area contributed by atoms with Crippen molar-refractivity contribution in [3.05, 3.63) is 60.7 Å². The average molecular weight is 216 g/mol. The molecular formula is C14H16S. The number of hydrogen-bond acceptors (Lipinski definition) is 1. The second kappa shape index (κ2) is 7.13. The van der Waals surface area contributed by atoms with E-state index >= 15 is 0 Å². The Hall–Kier alpha value is -1.21. The standard InChI is InChI=1S/C12H10.C2H6S/c1-3-7-11(8-4-1)12-9-5-2-6-10-12;1-2-3/h1-10H;3H,2H2,1H3. The van der Waals surface area contributed by atoms with Crippen molar-refractivity contribution >= 4 is 12.6 Å². The zero-order valence-electron chi connectivity index (χ0n) is 8.93. The molecule has 2 aromatic rings. The van der Waals surface area contributed by atoms with E-state index in [2.05, 4.69) is 61.2 Å². The van der Waals surface area contributed by atoms with Gasteiger partial charge in [-0.05, 0) is 16.9 Å². The lowest BCUT2D eigenvalue weighted by Gasteiger charge is -1.98. The van der Waals surface area contributed by atoms with Crippen LogP contribution in [0.15, 0.2) is 60.7 Å². The van der Waals surface area contributed by atoms with Crippen LogP contribution in [0.25, 0.3) is 11.1 Å². The lowest BCUT2D eigenvalue weighted by atomic mass is 10.1. The van der Waals surface area contributed by atoms with E-state index in [0.717, 1.165) is 5.75 Å². The van der Waals surface area contributed by atoms with Crippen LogP contribution in [0.2, 0.25) is 0 Å². The van der Waals surface area contributed by atoms with E-state index in [1.54, 1.807) is 0 Å². The molecule has 0 aliphatic carbocycles. The van der Waals surface area contributed by atoms with E-state index < -0.39 is 0 Å². The molecule has 78 valence electrons. The molecule has 0 aliphatic heterocycles. The predicted molar refractivity (Wildman–Crippen MR) is 71.4 cm³/mol. The second-order valence-corrected chi connectivity index (χ2v) is 3.68. The molecule has 0 amide bonds. The van der Waals surface area contributed by atoms with Gasteiger partial charge in [0, 0.05) is 0 Å². The summed E-state index contributed by atoms with van der Waals surface area (Å²) in [5.74, 6) is 0.944. The molecule has 0 aliphatic rings. The number of rotatable bonds is 1. The van der Waals surface area contributed by atoms with E-state index in [9.17, 15) is 0 Å². The summed E-state index contributed by atoms with van der Waals surface area (Å²) in [5.41, 5.74) is 2.55. The van der Waals surface area contributed by atoms with Crippen LogP contribution in [-0.2, 0) is 0 Å². The van der Waals surface area contributed by atoms with Crippen molar-refractivity contribution in [3.8, 4) is 11.1 Å². The minimum atomic E-state index is 0.944. The number of thiol groups is 1. The summed E-state index contributed by atoms with van der Waals surface area (Å²) < 4.78 is 0. The summed E-state index contributed by atoms with van der Waals surface area (Å²) in [6.45, 7) is 1.99. The normalized spacial score (nSPS) is 8.93. The summed E-state index contributed by atoms with van der Waals surface area (Å²) in [6.07, 6.45) is 0. The highest BCUT2D eigenvalue weighted by Gasteiger charge is 1.91. The Labute approximate surface area is 97.4 Å². The number of hydrogen-bond donors (Lipinski definition) is 1. The fraction of sp³-hybridized carbons (Fsp3) is 0.143. The van der Waals surface area contributed by atoms with Crippen LogP contribution in [0, 0.1) is 0 Å². The summed E-state index contributed by atoms with van der Waals surface area (Å²) in [5, 5.41) is 0. The van der Waals surface area contributed by atoms with Crippen molar-refractivity contribution in [2.75, 3.05) is 5.75 Å². The highest BCUT2D eigenvalue weighted by molar-refractivity contribution is 7.80. The molecule has 0 nitrogen and oxygen atoms in total. The molecule has 15 heavy (non-hydrogen) atoms. The summed E-state index contributed by atoms with van der Waals surface area (Å²) in [7, 11) is 0. The van der Waals surface area contributed by atoms with Gasteiger partial charge in [-0.3, -0.25) is 0 Å². The Morgan fingerprint density at radius 1 is 0.733 bits per heavy atom. The minimum Gasteiger partial charge on any atom is -0.180 e. The average Bonchev–Trinajstić information content (AvgIpc) is 2.32. The van der Waals surface area contributed by atoms with Crippen molar-refractivity contribution in [1.82, 2.24) is 0 Å². The third-order valence-electron chi connectivity index (χ3n) is 1.88. The van der Waals surface area contributed by atoms with Crippen LogP contribution in [0.1, 0.15) is 6.92 Å². The molecule has 2 aromatic carbocycles. The third kappa shape index (κ3) is 4.22. The molecule has 1 heteroatoms. The molecule has 0 bridgehead atoms. The van der Waals surface area contributed by atoms with Gasteiger partial charge in [-0.1, -0.05) is 67.6 Å². The van der Waals surface area contributed by atoms with Crippen molar-refractivity contribution < 1.29 is 0 Å². The van der Waals surface area contributed by atoms with Gasteiger partial charge in [0.2, 0.25) is 0 Å². The monoisotopic (exact) mass is 216 g/mol. The van der Waals surface area contributed by atoms with Gasteiger partial charge in [0.15, 0.2) is 0 Å². The van der Waals surface area contributed by atoms with E-state index in [4.69, 9.17) is 0 Å². The SMILES string of the molecule is CCS.c1ccc(-c2ccccc2)cc1. The van der Waals surface area contributed by atoms with Crippen molar-refractivity contribution in [2.24, 2.45) is 0 Å². The molecule has 0 radical (unpaired) electrons. The van der Waals surface area contributed by atoms with Crippen LogP contribution >= 0.6 is 12.6 Å². The topological polar surface area (TPSA) is 0 Å². The highest BCUT2D eigenvalue weighted by Crippen LogP contribution is 2.17. The zero-order chi connectivity index (χ0) is 10.9. The Morgan fingerprint density at radius 3 is 1.27 bits per heavy atom. The van der Waals surface area contributed by atoms with Crippen LogP contribution in [-0.4, -0.2) is 5.75 Å². The molecule has 0 saturated carbocycles. The van der Waals surface area contributed by atoms with Gasteiger partial charge in [0.1, 0.15) is 0 Å². The van der Waals surface area contributed by atoms with Gasteiger partial charge in [-0.15, -0.1) is 0 Å². The van der Waals surface area contributed by atoms with E-state index in [1.807, 2.05) is 19.1 Å². The molecule has 0 spiro atoms. The lowest BCUT2D eigenvalue weighted by Crippen LogP contribution is -1.73. The van der Waals surface area contributed by atoms with Gasteiger partial charge >= 0.3 is 0 Å². The third-order valence-corrected chi connectivity index (χ3v) is 1.88. The van der Waals surface area contributed by atoms with E-state index in [1.165, 1.54) is 11.1 Å². The predicted octanol–water partition coefficient (Wildman–Crippen LogP) is 4.29. The smallest absolute Gasteiger partial charge is 0.0126 e. The lowest BCUT2D eigenvalue weighted by molar-refractivity contribution is 1.54. The van der Waals surface area contributed by atoms with Gasteiger partial charge in [-0.25, -0.2) is 0 Å². The maximum absolute atomic E-state index is 3.79. The van der Waals surface area contributed by atoms with Crippen molar-refractivity contribution in [3.63, 3.8) is 0 Å². The Kier molecular flexibility index (Phi) is 5.64. The van der Waals surface area contributed by atoms with Crippen LogP contribution in [0.5, 0.6) is 0 Å². The molecule has 0 fully saturated rings. The van der Waals surface area contributed by atoms with Crippen LogP contribution < -0.4 is 0 Å². The number of benzene rings is 2. The zero-order valence-corrected chi connectivity index (χ0v) is 9.82. The summed E-state index contributed by atoms with van der Waals surface area (Å²) in [6, 6.07) is 20.8. The van der Waals surface area contributed by atoms with Crippen molar-refractivity contribution in [1.29, 1.82) is 0 Å². The fourth-order valence-electron chi connectivity index (χ4n) is 1.26. The Morgan fingerprint density at radius 2 is 1.00 bits per heavy atom.